The van der Waals surface area contributed by atoms with Crippen molar-refractivity contribution in [3.05, 3.63) is 99.5 Å². The molecule has 4 aromatic rings. The number of para-hydroxylation sites is 1. The first-order valence-corrected chi connectivity index (χ1v) is 10.5. The first-order chi connectivity index (χ1) is 14.5. The molecule has 0 saturated heterocycles. The summed E-state index contributed by atoms with van der Waals surface area (Å²) in [4.78, 5) is 18.0. The summed E-state index contributed by atoms with van der Waals surface area (Å²) in [6, 6.07) is 22.9. The second-order valence-electron chi connectivity index (χ2n) is 7.12. The largest absolute Gasteiger partial charge is 0.352 e. The molecule has 0 unspecified atom stereocenters. The third-order valence-electron chi connectivity index (χ3n) is 5.07. The predicted molar refractivity (Wildman–Crippen MR) is 124 cm³/mol. The summed E-state index contributed by atoms with van der Waals surface area (Å²) in [5.74, 6) is -0.108. The minimum absolute atomic E-state index is 0.108. The van der Waals surface area contributed by atoms with Gasteiger partial charge in [-0.05, 0) is 54.8 Å². The summed E-state index contributed by atoms with van der Waals surface area (Å²) in [5, 5.41) is 5.26. The molecular weight excluding hydrogens is 415 g/mol. The van der Waals surface area contributed by atoms with Gasteiger partial charge in [-0.2, -0.15) is 0 Å². The Hall–Kier alpha value is -2.88. The van der Waals surface area contributed by atoms with Crippen LogP contribution in [0.15, 0.2) is 72.8 Å². The topological polar surface area (TPSA) is 42.0 Å². The van der Waals surface area contributed by atoms with E-state index in [2.05, 4.69) is 5.32 Å². The van der Waals surface area contributed by atoms with E-state index in [1.807, 2.05) is 79.7 Å². The van der Waals surface area contributed by atoms with Gasteiger partial charge in [0.15, 0.2) is 0 Å². The smallest absolute Gasteiger partial charge is 0.252 e. The number of rotatable bonds is 5. The van der Waals surface area contributed by atoms with Crippen molar-refractivity contribution >= 4 is 40.0 Å². The molecule has 0 spiro atoms. The van der Waals surface area contributed by atoms with Crippen molar-refractivity contribution in [2.24, 2.45) is 0 Å². The van der Waals surface area contributed by atoms with Gasteiger partial charge in [-0.15, -0.1) is 0 Å². The molecule has 0 aliphatic heterocycles. The number of carbonyl (C=O) groups excluding carboxylic acids is 1. The standard InChI is InChI=1S/C25H20Cl2N2O/c1-16-23(25(30)28-14-13-17-5-4-6-20(27)15-17)21-7-2-3-8-22(21)29-24(16)18-9-11-19(26)12-10-18/h2-12,15H,13-14H2,1H3,(H,28,30). The van der Waals surface area contributed by atoms with Gasteiger partial charge in [-0.1, -0.05) is 65.7 Å². The van der Waals surface area contributed by atoms with Crippen molar-refractivity contribution in [1.29, 1.82) is 0 Å². The normalized spacial score (nSPS) is 10.9. The van der Waals surface area contributed by atoms with Gasteiger partial charge in [0.05, 0.1) is 16.8 Å². The van der Waals surface area contributed by atoms with E-state index in [-0.39, 0.29) is 5.91 Å². The summed E-state index contributed by atoms with van der Waals surface area (Å²) in [7, 11) is 0. The molecule has 1 heterocycles. The van der Waals surface area contributed by atoms with E-state index >= 15 is 0 Å². The van der Waals surface area contributed by atoms with Crippen LogP contribution < -0.4 is 5.32 Å². The maximum Gasteiger partial charge on any atom is 0.252 e. The van der Waals surface area contributed by atoms with Gasteiger partial charge < -0.3 is 5.32 Å². The van der Waals surface area contributed by atoms with Gasteiger partial charge in [0.1, 0.15) is 0 Å². The summed E-state index contributed by atoms with van der Waals surface area (Å²) in [6.45, 7) is 2.46. The molecule has 0 saturated carbocycles. The second kappa shape index (κ2) is 8.86. The van der Waals surface area contributed by atoms with E-state index in [0.717, 1.165) is 33.3 Å². The first kappa shape index (κ1) is 20.4. The molecule has 1 aromatic heterocycles. The lowest BCUT2D eigenvalue weighted by Crippen LogP contribution is -2.27. The minimum Gasteiger partial charge on any atom is -0.352 e. The lowest BCUT2D eigenvalue weighted by atomic mass is 9.97. The van der Waals surface area contributed by atoms with E-state index in [4.69, 9.17) is 28.2 Å². The van der Waals surface area contributed by atoms with Crippen LogP contribution in [0.5, 0.6) is 0 Å². The number of halogens is 2. The van der Waals surface area contributed by atoms with Crippen molar-refractivity contribution in [2.45, 2.75) is 13.3 Å². The van der Waals surface area contributed by atoms with Crippen molar-refractivity contribution in [3.63, 3.8) is 0 Å². The zero-order valence-corrected chi connectivity index (χ0v) is 18.0. The molecule has 0 bridgehead atoms. The fraction of sp³-hybridized carbons (Fsp3) is 0.120. The van der Waals surface area contributed by atoms with E-state index < -0.39 is 0 Å². The molecule has 0 atom stereocenters. The number of hydrogen-bond donors (Lipinski definition) is 1. The Balaban J connectivity index is 1.67. The van der Waals surface area contributed by atoms with Gasteiger partial charge in [-0.25, -0.2) is 4.98 Å². The van der Waals surface area contributed by atoms with Crippen molar-refractivity contribution in [2.75, 3.05) is 6.54 Å². The van der Waals surface area contributed by atoms with E-state index in [9.17, 15) is 4.79 Å². The molecule has 0 aliphatic rings. The molecule has 30 heavy (non-hydrogen) atoms. The van der Waals surface area contributed by atoms with Crippen LogP contribution >= 0.6 is 23.2 Å². The highest BCUT2D eigenvalue weighted by molar-refractivity contribution is 6.30. The van der Waals surface area contributed by atoms with Crippen LogP contribution in [-0.2, 0) is 6.42 Å². The molecular formula is C25H20Cl2N2O. The van der Waals surface area contributed by atoms with Crippen molar-refractivity contribution in [3.8, 4) is 11.3 Å². The minimum atomic E-state index is -0.108. The first-order valence-electron chi connectivity index (χ1n) is 9.71. The molecule has 3 aromatic carbocycles. The number of pyridine rings is 1. The van der Waals surface area contributed by atoms with Crippen LogP contribution in [-0.4, -0.2) is 17.4 Å². The maximum atomic E-state index is 13.2. The third-order valence-corrected chi connectivity index (χ3v) is 5.56. The summed E-state index contributed by atoms with van der Waals surface area (Å²) in [5.41, 5.74) is 5.07. The van der Waals surface area contributed by atoms with Crippen LogP contribution in [0.4, 0.5) is 0 Å². The Labute approximate surface area is 185 Å². The average molecular weight is 435 g/mol. The number of amides is 1. The molecule has 0 fully saturated rings. The highest BCUT2D eigenvalue weighted by Gasteiger charge is 2.18. The van der Waals surface area contributed by atoms with Gasteiger partial charge in [0.2, 0.25) is 0 Å². The number of fused-ring (bicyclic) bond motifs is 1. The third kappa shape index (κ3) is 4.33. The number of nitrogens with zero attached hydrogens (tertiary/aromatic N) is 1. The number of carbonyl (C=O) groups is 1. The summed E-state index contributed by atoms with van der Waals surface area (Å²) < 4.78 is 0. The Morgan fingerprint density at radius 1 is 0.933 bits per heavy atom. The van der Waals surface area contributed by atoms with Crippen molar-refractivity contribution in [1.82, 2.24) is 10.3 Å². The van der Waals surface area contributed by atoms with Crippen LogP contribution in [0.2, 0.25) is 10.0 Å². The number of nitrogens with one attached hydrogen (secondary N) is 1. The number of benzene rings is 3. The van der Waals surface area contributed by atoms with Gasteiger partial charge in [-0.3, -0.25) is 4.79 Å². The Kier molecular flexibility index (Phi) is 6.03. The van der Waals surface area contributed by atoms with E-state index in [1.165, 1.54) is 0 Å². The van der Waals surface area contributed by atoms with Crippen LogP contribution in [0.3, 0.4) is 0 Å². The van der Waals surface area contributed by atoms with E-state index in [1.54, 1.807) is 0 Å². The lowest BCUT2D eigenvalue weighted by Gasteiger charge is -2.15. The number of aromatic nitrogens is 1. The summed E-state index contributed by atoms with van der Waals surface area (Å²) in [6.07, 6.45) is 0.707. The summed E-state index contributed by atoms with van der Waals surface area (Å²) >= 11 is 12.1. The number of hydrogen-bond acceptors (Lipinski definition) is 2. The van der Waals surface area contributed by atoms with Crippen LogP contribution in [0, 0.1) is 6.92 Å². The predicted octanol–water partition coefficient (Wildman–Crippen LogP) is 6.49. The van der Waals surface area contributed by atoms with E-state index in [0.29, 0.717) is 28.6 Å². The van der Waals surface area contributed by atoms with Crippen molar-refractivity contribution < 1.29 is 4.79 Å². The maximum absolute atomic E-state index is 13.2. The average Bonchev–Trinajstić information content (AvgIpc) is 2.74. The highest BCUT2D eigenvalue weighted by Crippen LogP contribution is 2.30. The zero-order chi connectivity index (χ0) is 21.1. The monoisotopic (exact) mass is 434 g/mol. The molecule has 5 heteroatoms. The van der Waals surface area contributed by atoms with Gasteiger partial charge in [0, 0.05) is 27.5 Å². The Morgan fingerprint density at radius 2 is 1.70 bits per heavy atom. The molecule has 0 radical (unpaired) electrons. The fourth-order valence-electron chi connectivity index (χ4n) is 3.59. The molecule has 3 nitrogen and oxygen atoms in total. The zero-order valence-electron chi connectivity index (χ0n) is 16.5. The molecule has 4 rings (SSSR count). The quantitative estimate of drug-likeness (QED) is 0.389. The lowest BCUT2D eigenvalue weighted by molar-refractivity contribution is 0.0955. The van der Waals surface area contributed by atoms with Gasteiger partial charge in [0.25, 0.3) is 5.91 Å². The SMILES string of the molecule is Cc1c(-c2ccc(Cl)cc2)nc2ccccc2c1C(=O)NCCc1cccc(Cl)c1. The molecule has 150 valence electrons. The molecule has 1 N–H and O–H groups in total. The molecule has 0 aliphatic carbocycles. The van der Waals surface area contributed by atoms with Gasteiger partial charge >= 0.3 is 0 Å². The highest BCUT2D eigenvalue weighted by atomic mass is 35.5. The molecule has 1 amide bonds. The Morgan fingerprint density at radius 3 is 2.47 bits per heavy atom. The Bertz CT molecular complexity index is 1220. The fourth-order valence-corrected chi connectivity index (χ4v) is 3.93. The van der Waals surface area contributed by atoms with Crippen LogP contribution in [0.1, 0.15) is 21.5 Å². The van der Waals surface area contributed by atoms with Crippen LogP contribution in [0.25, 0.3) is 22.2 Å². The second-order valence-corrected chi connectivity index (χ2v) is 7.99.